The standard InChI is InChI=1S/C10H13N3O2/c1-3-10(15)6-13-8(10)5-4-7(12-13)9(14)11-2/h4-5,15H,3,6H2,1-2H3/p+1. The van der Waals surface area contributed by atoms with Gasteiger partial charge in [0.1, 0.15) is 0 Å². The average molecular weight is 208 g/mol. The molecule has 0 saturated heterocycles. The highest BCUT2D eigenvalue weighted by molar-refractivity contribution is 5.91. The van der Waals surface area contributed by atoms with Gasteiger partial charge in [-0.1, -0.05) is 11.6 Å². The van der Waals surface area contributed by atoms with E-state index in [4.69, 9.17) is 0 Å². The van der Waals surface area contributed by atoms with Crippen molar-refractivity contribution in [1.82, 2.24) is 10.4 Å². The highest BCUT2D eigenvalue weighted by atomic mass is 16.3. The molecule has 1 aliphatic rings. The molecule has 2 heterocycles. The van der Waals surface area contributed by atoms with Gasteiger partial charge in [-0.25, -0.2) is 0 Å². The minimum Gasteiger partial charge on any atom is -0.374 e. The summed E-state index contributed by atoms with van der Waals surface area (Å²) in [5, 5.41) is 16.6. The fraction of sp³-hybridized carbons (Fsp3) is 0.500. The van der Waals surface area contributed by atoms with Crippen LogP contribution in [0, 0.1) is 0 Å². The van der Waals surface area contributed by atoms with Crippen LogP contribution in [0.1, 0.15) is 29.5 Å². The lowest BCUT2D eigenvalue weighted by Crippen LogP contribution is -2.65. The van der Waals surface area contributed by atoms with E-state index in [1.165, 1.54) is 0 Å². The first-order chi connectivity index (χ1) is 7.10. The summed E-state index contributed by atoms with van der Waals surface area (Å²) in [5.41, 5.74) is 0.394. The summed E-state index contributed by atoms with van der Waals surface area (Å²) >= 11 is 0. The zero-order valence-corrected chi connectivity index (χ0v) is 8.82. The van der Waals surface area contributed by atoms with Crippen LogP contribution in [-0.2, 0) is 12.1 Å². The van der Waals surface area contributed by atoms with Crippen LogP contribution in [0.5, 0.6) is 0 Å². The fourth-order valence-electron chi connectivity index (χ4n) is 1.76. The molecule has 80 valence electrons. The van der Waals surface area contributed by atoms with E-state index in [0.29, 0.717) is 18.7 Å². The molecule has 1 amide bonds. The van der Waals surface area contributed by atoms with Crippen LogP contribution in [0.25, 0.3) is 0 Å². The topological polar surface area (TPSA) is 66.1 Å². The van der Waals surface area contributed by atoms with Gasteiger partial charge in [-0.05, 0) is 12.5 Å². The second-order valence-corrected chi connectivity index (χ2v) is 3.73. The Labute approximate surface area is 87.7 Å². The number of nitrogens with zero attached hydrogens (tertiary/aromatic N) is 2. The Kier molecular flexibility index (Phi) is 2.19. The van der Waals surface area contributed by atoms with Crippen molar-refractivity contribution in [1.29, 1.82) is 0 Å². The van der Waals surface area contributed by atoms with Gasteiger partial charge in [0.2, 0.25) is 17.8 Å². The van der Waals surface area contributed by atoms with Crippen molar-refractivity contribution >= 4 is 5.91 Å². The monoisotopic (exact) mass is 208 g/mol. The summed E-state index contributed by atoms with van der Waals surface area (Å²) in [6.45, 7) is 2.39. The van der Waals surface area contributed by atoms with E-state index in [-0.39, 0.29) is 5.91 Å². The number of aromatic nitrogens is 2. The second-order valence-electron chi connectivity index (χ2n) is 3.73. The van der Waals surface area contributed by atoms with E-state index in [1.54, 1.807) is 23.9 Å². The zero-order chi connectivity index (χ0) is 11.1. The molecule has 15 heavy (non-hydrogen) atoms. The highest BCUT2D eigenvalue weighted by Crippen LogP contribution is 2.28. The molecule has 0 fully saturated rings. The molecule has 0 saturated carbocycles. The third kappa shape index (κ3) is 1.39. The Balaban J connectivity index is 2.33. The molecule has 1 atom stereocenters. The maximum absolute atomic E-state index is 11.3. The van der Waals surface area contributed by atoms with Gasteiger partial charge in [0.25, 0.3) is 5.91 Å². The summed E-state index contributed by atoms with van der Waals surface area (Å²) < 4.78 is 1.66. The molecule has 0 aliphatic carbocycles. The number of rotatable bonds is 2. The average Bonchev–Trinajstić information content (AvgIpc) is 2.25. The SMILES string of the molecule is CCC1(O)C[n+]2nc(C(=O)NC)ccc21. The number of nitrogens with one attached hydrogen (secondary N) is 1. The van der Waals surface area contributed by atoms with Crippen LogP contribution in [-0.4, -0.2) is 23.2 Å². The number of carbonyl (C=O) groups excluding carboxylic acids is 1. The molecule has 1 aromatic rings. The van der Waals surface area contributed by atoms with Gasteiger partial charge in [-0.3, -0.25) is 4.79 Å². The second kappa shape index (κ2) is 3.27. The van der Waals surface area contributed by atoms with E-state index < -0.39 is 5.60 Å². The largest absolute Gasteiger partial charge is 0.374 e. The van der Waals surface area contributed by atoms with Gasteiger partial charge in [0.15, 0.2) is 5.69 Å². The first-order valence-electron chi connectivity index (χ1n) is 4.97. The van der Waals surface area contributed by atoms with Crippen molar-refractivity contribution in [2.24, 2.45) is 0 Å². The van der Waals surface area contributed by atoms with Crippen molar-refractivity contribution in [2.45, 2.75) is 25.5 Å². The molecule has 2 N–H and O–H groups in total. The van der Waals surface area contributed by atoms with Gasteiger partial charge in [-0.15, -0.1) is 0 Å². The fourth-order valence-corrected chi connectivity index (χ4v) is 1.76. The Morgan fingerprint density at radius 1 is 1.73 bits per heavy atom. The predicted octanol–water partition coefficient (Wildman–Crippen LogP) is -0.660. The smallest absolute Gasteiger partial charge is 0.275 e. The number of carbonyl (C=O) groups is 1. The van der Waals surface area contributed by atoms with Crippen LogP contribution in [0.4, 0.5) is 0 Å². The zero-order valence-electron chi connectivity index (χ0n) is 8.82. The summed E-state index contributed by atoms with van der Waals surface area (Å²) in [6, 6.07) is 3.38. The molecule has 1 unspecified atom stereocenters. The summed E-state index contributed by atoms with van der Waals surface area (Å²) in [7, 11) is 1.57. The van der Waals surface area contributed by atoms with Crippen LogP contribution in [0.3, 0.4) is 0 Å². The number of fused-ring (bicyclic) bond motifs is 1. The van der Waals surface area contributed by atoms with Crippen molar-refractivity contribution in [2.75, 3.05) is 7.05 Å². The van der Waals surface area contributed by atoms with E-state index in [0.717, 1.165) is 5.69 Å². The lowest BCUT2D eigenvalue weighted by atomic mass is 9.89. The van der Waals surface area contributed by atoms with E-state index in [1.807, 2.05) is 6.92 Å². The normalized spacial score (nSPS) is 22.9. The molecule has 0 bridgehead atoms. The Hall–Kier alpha value is -1.49. The molecule has 0 aromatic carbocycles. The number of aliphatic hydroxyl groups is 1. The van der Waals surface area contributed by atoms with E-state index in [9.17, 15) is 9.90 Å². The molecule has 0 radical (unpaired) electrons. The van der Waals surface area contributed by atoms with Crippen molar-refractivity contribution < 1.29 is 14.6 Å². The lowest BCUT2D eigenvalue weighted by Gasteiger charge is -2.28. The van der Waals surface area contributed by atoms with Crippen LogP contribution < -0.4 is 10.00 Å². The lowest BCUT2D eigenvalue weighted by molar-refractivity contribution is -0.824. The molecule has 0 spiro atoms. The first-order valence-corrected chi connectivity index (χ1v) is 4.97. The quantitative estimate of drug-likeness (QED) is 0.634. The Morgan fingerprint density at radius 2 is 2.47 bits per heavy atom. The van der Waals surface area contributed by atoms with Gasteiger partial charge < -0.3 is 10.4 Å². The minimum atomic E-state index is -0.756. The molecule has 5 heteroatoms. The van der Waals surface area contributed by atoms with Gasteiger partial charge >= 0.3 is 0 Å². The van der Waals surface area contributed by atoms with E-state index in [2.05, 4.69) is 10.4 Å². The first kappa shape index (κ1) is 10.0. The van der Waals surface area contributed by atoms with Crippen molar-refractivity contribution in [3.63, 3.8) is 0 Å². The molecule has 5 nitrogen and oxygen atoms in total. The van der Waals surface area contributed by atoms with Crippen molar-refractivity contribution in [3.8, 4) is 0 Å². The molecular formula is C10H14N3O2+. The third-order valence-corrected chi connectivity index (χ3v) is 2.84. The molecular weight excluding hydrogens is 194 g/mol. The molecule has 1 aromatic heterocycles. The number of amides is 1. The minimum absolute atomic E-state index is 0.211. The third-order valence-electron chi connectivity index (χ3n) is 2.84. The molecule has 1 aliphatic heterocycles. The Morgan fingerprint density at radius 3 is 3.00 bits per heavy atom. The summed E-state index contributed by atoms with van der Waals surface area (Å²) in [4.78, 5) is 11.3. The summed E-state index contributed by atoms with van der Waals surface area (Å²) in [6.07, 6.45) is 0.661. The number of hydrogen-bond acceptors (Lipinski definition) is 3. The van der Waals surface area contributed by atoms with Gasteiger partial charge in [-0.2, -0.15) is 0 Å². The predicted molar refractivity (Wildman–Crippen MR) is 52.0 cm³/mol. The van der Waals surface area contributed by atoms with E-state index >= 15 is 0 Å². The number of hydrogen-bond donors (Lipinski definition) is 2. The van der Waals surface area contributed by atoms with Crippen molar-refractivity contribution in [3.05, 3.63) is 23.5 Å². The van der Waals surface area contributed by atoms with Crippen LogP contribution >= 0.6 is 0 Å². The highest BCUT2D eigenvalue weighted by Gasteiger charge is 2.51. The molecule has 2 rings (SSSR count). The van der Waals surface area contributed by atoms with Gasteiger partial charge in [0.05, 0.1) is 0 Å². The summed E-state index contributed by atoms with van der Waals surface area (Å²) in [5.74, 6) is -0.211. The van der Waals surface area contributed by atoms with Gasteiger partial charge in [0, 0.05) is 18.2 Å². The van der Waals surface area contributed by atoms with Crippen LogP contribution in [0.15, 0.2) is 12.1 Å². The van der Waals surface area contributed by atoms with Crippen LogP contribution in [0.2, 0.25) is 0 Å². The maximum Gasteiger partial charge on any atom is 0.275 e. The Bertz CT molecular complexity index is 419. The maximum atomic E-state index is 11.3.